The Labute approximate surface area is 144 Å². The average Bonchev–Trinajstić information content (AvgIpc) is 3.04. The van der Waals surface area contributed by atoms with Crippen LogP contribution in [-0.2, 0) is 19.4 Å². The van der Waals surface area contributed by atoms with Gasteiger partial charge in [-0.15, -0.1) is 11.3 Å². The van der Waals surface area contributed by atoms with Crippen molar-refractivity contribution in [2.45, 2.75) is 57.9 Å². The molecule has 2 heterocycles. The lowest BCUT2D eigenvalue weighted by atomic mass is 10.1. The molecule has 124 valence electrons. The average molecular weight is 329 g/mol. The van der Waals surface area contributed by atoms with Gasteiger partial charge in [0.05, 0.1) is 10.7 Å². The lowest BCUT2D eigenvalue weighted by Crippen LogP contribution is -2.29. The van der Waals surface area contributed by atoms with Gasteiger partial charge in [-0.1, -0.05) is 43.2 Å². The van der Waals surface area contributed by atoms with Crippen LogP contribution in [0.5, 0.6) is 0 Å². The fourth-order valence-electron chi connectivity index (χ4n) is 3.31. The Bertz CT molecular complexity index is 558. The molecular formula is C20H28N2S. The van der Waals surface area contributed by atoms with Crippen molar-refractivity contribution in [3.05, 3.63) is 52.0 Å². The Morgan fingerprint density at radius 3 is 2.52 bits per heavy atom. The molecule has 0 bridgehead atoms. The first kappa shape index (κ1) is 16.7. The highest BCUT2D eigenvalue weighted by Crippen LogP contribution is 2.17. The minimum absolute atomic E-state index is 1.06. The third-order valence-corrected chi connectivity index (χ3v) is 5.59. The van der Waals surface area contributed by atoms with E-state index in [0.29, 0.717) is 0 Å². The topological polar surface area (TPSA) is 16.1 Å². The number of piperidine rings is 1. The number of hydrogen-bond acceptors (Lipinski definition) is 3. The quantitative estimate of drug-likeness (QED) is 0.628. The van der Waals surface area contributed by atoms with Crippen LogP contribution in [-0.4, -0.2) is 23.0 Å². The molecule has 0 N–H and O–H groups in total. The molecule has 0 unspecified atom stereocenters. The normalized spacial score (nSPS) is 15.8. The Balaban J connectivity index is 1.32. The Morgan fingerprint density at radius 1 is 0.913 bits per heavy atom. The summed E-state index contributed by atoms with van der Waals surface area (Å²) in [5, 5.41) is 3.60. The van der Waals surface area contributed by atoms with Crippen LogP contribution < -0.4 is 0 Å². The molecule has 23 heavy (non-hydrogen) atoms. The smallest absolute Gasteiger partial charge is 0.0928 e. The molecule has 2 nitrogen and oxygen atoms in total. The van der Waals surface area contributed by atoms with Gasteiger partial charge in [0.1, 0.15) is 0 Å². The van der Waals surface area contributed by atoms with Crippen LogP contribution >= 0.6 is 11.3 Å². The molecule has 0 spiro atoms. The van der Waals surface area contributed by atoms with Crippen LogP contribution in [0.25, 0.3) is 0 Å². The van der Waals surface area contributed by atoms with Crippen molar-refractivity contribution in [3.8, 4) is 0 Å². The highest BCUT2D eigenvalue weighted by Gasteiger charge is 2.12. The van der Waals surface area contributed by atoms with E-state index in [9.17, 15) is 0 Å². The first-order valence-corrected chi connectivity index (χ1v) is 9.98. The first-order valence-electron chi connectivity index (χ1n) is 9.10. The summed E-state index contributed by atoms with van der Waals surface area (Å²) in [6, 6.07) is 10.8. The van der Waals surface area contributed by atoms with Crippen molar-refractivity contribution in [1.82, 2.24) is 9.88 Å². The number of aryl methyl sites for hydroxylation is 2. The number of thiazole rings is 1. The molecule has 3 rings (SSSR count). The summed E-state index contributed by atoms with van der Waals surface area (Å²) >= 11 is 1.85. The molecule has 1 aromatic carbocycles. The van der Waals surface area contributed by atoms with Gasteiger partial charge in [0.2, 0.25) is 0 Å². The van der Waals surface area contributed by atoms with Crippen molar-refractivity contribution >= 4 is 11.3 Å². The summed E-state index contributed by atoms with van der Waals surface area (Å²) in [5.41, 5.74) is 2.75. The molecule has 3 heteroatoms. The molecule has 0 atom stereocenters. The maximum Gasteiger partial charge on any atom is 0.0928 e. The molecule has 1 aliphatic heterocycles. The van der Waals surface area contributed by atoms with Gasteiger partial charge in [-0.2, -0.15) is 0 Å². The summed E-state index contributed by atoms with van der Waals surface area (Å²) in [6.45, 7) is 3.57. The number of benzene rings is 1. The Morgan fingerprint density at radius 2 is 1.70 bits per heavy atom. The Kier molecular flexibility index (Phi) is 6.66. The molecule has 0 radical (unpaired) electrons. The monoisotopic (exact) mass is 328 g/mol. The fourth-order valence-corrected chi connectivity index (χ4v) is 4.14. The number of hydrogen-bond donors (Lipinski definition) is 0. The predicted molar refractivity (Wildman–Crippen MR) is 98.9 cm³/mol. The van der Waals surface area contributed by atoms with E-state index in [4.69, 9.17) is 4.98 Å². The van der Waals surface area contributed by atoms with Gasteiger partial charge in [0.15, 0.2) is 0 Å². The van der Waals surface area contributed by atoms with E-state index < -0.39 is 0 Å². The van der Waals surface area contributed by atoms with E-state index in [1.807, 2.05) is 11.3 Å². The van der Waals surface area contributed by atoms with Gasteiger partial charge in [0.25, 0.3) is 0 Å². The summed E-state index contributed by atoms with van der Waals surface area (Å²) in [5.74, 6) is 0. The van der Waals surface area contributed by atoms with E-state index in [-0.39, 0.29) is 0 Å². The zero-order valence-corrected chi connectivity index (χ0v) is 14.9. The molecule has 1 fully saturated rings. The largest absolute Gasteiger partial charge is 0.297 e. The van der Waals surface area contributed by atoms with Crippen molar-refractivity contribution < 1.29 is 0 Å². The van der Waals surface area contributed by atoms with Crippen LogP contribution in [0.1, 0.15) is 54.8 Å². The van der Waals surface area contributed by atoms with E-state index in [0.717, 1.165) is 13.0 Å². The Hall–Kier alpha value is -1.19. The van der Waals surface area contributed by atoms with Crippen molar-refractivity contribution in [2.75, 3.05) is 13.1 Å². The third-order valence-electron chi connectivity index (χ3n) is 4.63. The van der Waals surface area contributed by atoms with Gasteiger partial charge in [-0.3, -0.25) is 4.90 Å². The highest BCUT2D eigenvalue weighted by molar-refractivity contribution is 7.09. The highest BCUT2D eigenvalue weighted by atomic mass is 32.1. The molecule has 1 aliphatic rings. The maximum atomic E-state index is 4.84. The van der Waals surface area contributed by atoms with E-state index >= 15 is 0 Å². The van der Waals surface area contributed by atoms with E-state index in [1.54, 1.807) is 0 Å². The molecule has 0 amide bonds. The van der Waals surface area contributed by atoms with E-state index in [2.05, 4.69) is 40.6 Å². The van der Waals surface area contributed by atoms with Gasteiger partial charge >= 0.3 is 0 Å². The molecule has 2 aromatic rings. The van der Waals surface area contributed by atoms with Gasteiger partial charge in [-0.25, -0.2) is 4.98 Å². The fraction of sp³-hybridized carbons (Fsp3) is 0.550. The molecular weight excluding hydrogens is 300 g/mol. The number of rotatable bonds is 8. The van der Waals surface area contributed by atoms with Crippen molar-refractivity contribution in [1.29, 1.82) is 0 Å². The van der Waals surface area contributed by atoms with Crippen LogP contribution in [0.15, 0.2) is 35.7 Å². The van der Waals surface area contributed by atoms with Gasteiger partial charge < -0.3 is 0 Å². The van der Waals surface area contributed by atoms with Gasteiger partial charge in [0, 0.05) is 11.9 Å². The van der Waals surface area contributed by atoms with Crippen LogP contribution in [0.2, 0.25) is 0 Å². The molecule has 1 saturated heterocycles. The third kappa shape index (κ3) is 5.74. The SMILES string of the molecule is c1ccc(CCCCCc2nc(CN3CCCCC3)cs2)cc1. The zero-order valence-electron chi connectivity index (χ0n) is 14.0. The van der Waals surface area contributed by atoms with Crippen LogP contribution in [0.3, 0.4) is 0 Å². The minimum atomic E-state index is 1.06. The molecule has 1 aromatic heterocycles. The van der Waals surface area contributed by atoms with Crippen molar-refractivity contribution in [3.63, 3.8) is 0 Å². The first-order chi connectivity index (χ1) is 11.4. The lowest BCUT2D eigenvalue weighted by Gasteiger charge is -2.25. The molecule has 0 aliphatic carbocycles. The second-order valence-electron chi connectivity index (χ2n) is 6.62. The number of unbranched alkanes of at least 4 members (excludes halogenated alkanes) is 2. The number of likely N-dealkylation sites (tertiary alicyclic amines) is 1. The summed E-state index contributed by atoms with van der Waals surface area (Å²) in [4.78, 5) is 7.39. The molecule has 0 saturated carbocycles. The lowest BCUT2D eigenvalue weighted by molar-refractivity contribution is 0.219. The van der Waals surface area contributed by atoms with Crippen molar-refractivity contribution in [2.24, 2.45) is 0 Å². The standard InChI is InChI=1S/C20H28N2S/c1-4-10-18(11-5-1)12-6-2-7-13-20-21-19(17-23-20)16-22-14-8-3-9-15-22/h1,4-5,10-11,17H,2-3,6-9,12-16H2. The summed E-state index contributed by atoms with van der Waals surface area (Å²) in [6.07, 6.45) is 10.3. The maximum absolute atomic E-state index is 4.84. The second kappa shape index (κ2) is 9.19. The zero-order chi connectivity index (χ0) is 15.7. The second-order valence-corrected chi connectivity index (χ2v) is 7.56. The van der Waals surface area contributed by atoms with E-state index in [1.165, 1.54) is 74.3 Å². The predicted octanol–water partition coefficient (Wildman–Crippen LogP) is 5.08. The van der Waals surface area contributed by atoms with Crippen LogP contribution in [0, 0.1) is 0 Å². The van der Waals surface area contributed by atoms with Gasteiger partial charge in [-0.05, 0) is 57.2 Å². The minimum Gasteiger partial charge on any atom is -0.297 e. The summed E-state index contributed by atoms with van der Waals surface area (Å²) in [7, 11) is 0. The summed E-state index contributed by atoms with van der Waals surface area (Å²) < 4.78 is 0. The van der Waals surface area contributed by atoms with Crippen LogP contribution in [0.4, 0.5) is 0 Å². The number of aromatic nitrogens is 1. The number of nitrogens with zero attached hydrogens (tertiary/aromatic N) is 2.